The van der Waals surface area contributed by atoms with Crippen LogP contribution in [0.2, 0.25) is 0 Å². The quantitative estimate of drug-likeness (QED) is 0.758. The Morgan fingerprint density at radius 3 is 2.90 bits per heavy atom. The highest BCUT2D eigenvalue weighted by atomic mass is 15.1. The second-order valence-electron chi connectivity index (χ2n) is 4.33. The van der Waals surface area contributed by atoms with Crippen LogP contribution >= 0.6 is 0 Å². The van der Waals surface area contributed by atoms with Crippen LogP contribution in [0, 0.1) is 0 Å². The number of anilines is 3. The molecular formula is C15H15N5. The van der Waals surface area contributed by atoms with E-state index in [-0.39, 0.29) is 0 Å². The second kappa shape index (κ2) is 5.52. The fourth-order valence-electron chi connectivity index (χ4n) is 1.97. The van der Waals surface area contributed by atoms with Crippen molar-refractivity contribution in [1.82, 2.24) is 15.0 Å². The Kier molecular flexibility index (Phi) is 3.41. The summed E-state index contributed by atoms with van der Waals surface area (Å²) in [6, 6.07) is 11.8. The van der Waals surface area contributed by atoms with E-state index in [4.69, 9.17) is 0 Å². The van der Waals surface area contributed by atoms with Gasteiger partial charge in [-0.15, -0.1) is 0 Å². The smallest absolute Gasteiger partial charge is 0.224 e. The van der Waals surface area contributed by atoms with Gasteiger partial charge in [0, 0.05) is 30.0 Å². The fraction of sp³-hybridized carbons (Fsp3) is 0.133. The van der Waals surface area contributed by atoms with Gasteiger partial charge in [0.1, 0.15) is 5.82 Å². The van der Waals surface area contributed by atoms with Gasteiger partial charge in [0.25, 0.3) is 0 Å². The minimum absolute atomic E-state index is 0.625. The van der Waals surface area contributed by atoms with E-state index in [0.29, 0.717) is 5.95 Å². The largest absolute Gasteiger partial charge is 0.354 e. The van der Waals surface area contributed by atoms with Crippen molar-refractivity contribution in [2.75, 3.05) is 17.2 Å². The molecule has 3 aromatic rings. The lowest BCUT2D eigenvalue weighted by molar-refractivity contribution is 1.09. The van der Waals surface area contributed by atoms with Crippen LogP contribution in [0.5, 0.6) is 0 Å². The van der Waals surface area contributed by atoms with Gasteiger partial charge in [-0.3, -0.25) is 4.98 Å². The van der Waals surface area contributed by atoms with Gasteiger partial charge in [0.15, 0.2) is 0 Å². The van der Waals surface area contributed by atoms with Crippen LogP contribution < -0.4 is 10.6 Å². The molecule has 2 aromatic heterocycles. The molecule has 0 aliphatic heterocycles. The number of pyridine rings is 1. The zero-order chi connectivity index (χ0) is 13.8. The molecule has 0 bridgehead atoms. The van der Waals surface area contributed by atoms with Gasteiger partial charge >= 0.3 is 0 Å². The first-order valence-electron chi connectivity index (χ1n) is 6.54. The molecule has 2 N–H and O–H groups in total. The molecule has 0 fully saturated rings. The average molecular weight is 265 g/mol. The van der Waals surface area contributed by atoms with E-state index in [0.717, 1.165) is 29.0 Å². The normalized spacial score (nSPS) is 10.4. The highest BCUT2D eigenvalue weighted by molar-refractivity contribution is 5.83. The standard InChI is InChI=1S/C15H15N5/c1-2-16-15-18-9-7-14(20-15)19-12-5-6-13-11(10-12)4-3-8-17-13/h3-10H,2H2,1H3,(H2,16,18,19,20). The SMILES string of the molecule is CCNc1nccc(Nc2ccc3ncccc3c2)n1. The van der Waals surface area contributed by atoms with Gasteiger partial charge in [-0.1, -0.05) is 6.07 Å². The van der Waals surface area contributed by atoms with Crippen molar-refractivity contribution in [2.45, 2.75) is 6.92 Å². The molecule has 0 amide bonds. The predicted octanol–water partition coefficient (Wildman–Crippen LogP) is 3.20. The molecule has 0 unspecified atom stereocenters. The molecule has 5 heteroatoms. The maximum absolute atomic E-state index is 4.39. The van der Waals surface area contributed by atoms with Gasteiger partial charge in [-0.05, 0) is 37.3 Å². The third kappa shape index (κ3) is 2.66. The van der Waals surface area contributed by atoms with Gasteiger partial charge in [0.2, 0.25) is 5.95 Å². The number of benzene rings is 1. The number of hydrogen-bond acceptors (Lipinski definition) is 5. The highest BCUT2D eigenvalue weighted by Gasteiger charge is 2.00. The number of fused-ring (bicyclic) bond motifs is 1. The zero-order valence-electron chi connectivity index (χ0n) is 11.2. The Labute approximate surface area is 117 Å². The minimum atomic E-state index is 0.625. The highest BCUT2D eigenvalue weighted by Crippen LogP contribution is 2.20. The van der Waals surface area contributed by atoms with Crippen molar-refractivity contribution >= 4 is 28.4 Å². The molecule has 0 aliphatic carbocycles. The first-order chi connectivity index (χ1) is 9.85. The molecule has 0 saturated carbocycles. The van der Waals surface area contributed by atoms with Crippen molar-refractivity contribution in [3.8, 4) is 0 Å². The van der Waals surface area contributed by atoms with Crippen LogP contribution in [0.4, 0.5) is 17.5 Å². The van der Waals surface area contributed by atoms with Gasteiger partial charge < -0.3 is 10.6 Å². The number of nitrogens with one attached hydrogen (secondary N) is 2. The van der Waals surface area contributed by atoms with E-state index < -0.39 is 0 Å². The van der Waals surface area contributed by atoms with E-state index in [2.05, 4.69) is 31.7 Å². The van der Waals surface area contributed by atoms with E-state index in [1.54, 1.807) is 12.4 Å². The lowest BCUT2D eigenvalue weighted by Crippen LogP contribution is -2.03. The Morgan fingerprint density at radius 1 is 1.05 bits per heavy atom. The Morgan fingerprint density at radius 2 is 2.00 bits per heavy atom. The lowest BCUT2D eigenvalue weighted by atomic mass is 10.2. The number of rotatable bonds is 4. The second-order valence-corrected chi connectivity index (χ2v) is 4.33. The topological polar surface area (TPSA) is 62.7 Å². The van der Waals surface area contributed by atoms with E-state index in [1.165, 1.54) is 0 Å². The molecule has 2 heterocycles. The zero-order valence-corrected chi connectivity index (χ0v) is 11.2. The summed E-state index contributed by atoms with van der Waals surface area (Å²) < 4.78 is 0. The minimum Gasteiger partial charge on any atom is -0.354 e. The van der Waals surface area contributed by atoms with E-state index in [1.807, 2.05) is 37.3 Å². The Balaban J connectivity index is 1.87. The van der Waals surface area contributed by atoms with Crippen LogP contribution in [0.3, 0.4) is 0 Å². The number of nitrogens with zero attached hydrogens (tertiary/aromatic N) is 3. The fourth-order valence-corrected chi connectivity index (χ4v) is 1.97. The van der Waals surface area contributed by atoms with E-state index in [9.17, 15) is 0 Å². The summed E-state index contributed by atoms with van der Waals surface area (Å²) in [6.07, 6.45) is 3.53. The van der Waals surface area contributed by atoms with Crippen LogP contribution in [0.1, 0.15) is 6.92 Å². The Bertz CT molecular complexity index is 726. The molecule has 100 valence electrons. The summed E-state index contributed by atoms with van der Waals surface area (Å²) in [6.45, 7) is 2.81. The van der Waals surface area contributed by atoms with Crippen LogP contribution in [0.15, 0.2) is 48.8 Å². The molecule has 1 aromatic carbocycles. The summed E-state index contributed by atoms with van der Waals surface area (Å²) in [4.78, 5) is 12.8. The molecule has 3 rings (SSSR count). The predicted molar refractivity (Wildman–Crippen MR) is 81.2 cm³/mol. The summed E-state index contributed by atoms with van der Waals surface area (Å²) in [7, 11) is 0. The summed E-state index contributed by atoms with van der Waals surface area (Å²) in [5.41, 5.74) is 1.96. The van der Waals surface area contributed by atoms with E-state index >= 15 is 0 Å². The van der Waals surface area contributed by atoms with Crippen molar-refractivity contribution in [1.29, 1.82) is 0 Å². The van der Waals surface area contributed by atoms with Gasteiger partial charge in [-0.2, -0.15) is 4.98 Å². The van der Waals surface area contributed by atoms with Crippen LogP contribution in [0.25, 0.3) is 10.9 Å². The maximum Gasteiger partial charge on any atom is 0.224 e. The maximum atomic E-state index is 4.39. The molecule has 5 nitrogen and oxygen atoms in total. The van der Waals surface area contributed by atoms with Crippen LogP contribution in [-0.4, -0.2) is 21.5 Å². The summed E-state index contributed by atoms with van der Waals surface area (Å²) in [5, 5.41) is 7.46. The Hall–Kier alpha value is -2.69. The van der Waals surface area contributed by atoms with Crippen molar-refractivity contribution in [3.05, 3.63) is 48.8 Å². The molecule has 0 saturated heterocycles. The van der Waals surface area contributed by atoms with Crippen molar-refractivity contribution in [3.63, 3.8) is 0 Å². The van der Waals surface area contributed by atoms with Gasteiger partial charge in [-0.25, -0.2) is 4.98 Å². The molecule has 0 spiro atoms. The number of hydrogen-bond donors (Lipinski definition) is 2. The van der Waals surface area contributed by atoms with Crippen molar-refractivity contribution in [2.24, 2.45) is 0 Å². The third-order valence-electron chi connectivity index (χ3n) is 2.87. The summed E-state index contributed by atoms with van der Waals surface area (Å²) >= 11 is 0. The van der Waals surface area contributed by atoms with Gasteiger partial charge in [0.05, 0.1) is 5.52 Å². The van der Waals surface area contributed by atoms with Crippen molar-refractivity contribution < 1.29 is 0 Å². The molecule has 20 heavy (non-hydrogen) atoms. The first kappa shape index (κ1) is 12.3. The molecule has 0 aliphatic rings. The average Bonchev–Trinajstić information content (AvgIpc) is 2.48. The monoisotopic (exact) mass is 265 g/mol. The third-order valence-corrected chi connectivity index (χ3v) is 2.87. The lowest BCUT2D eigenvalue weighted by Gasteiger charge is -2.08. The molecular weight excluding hydrogens is 250 g/mol. The summed E-state index contributed by atoms with van der Waals surface area (Å²) in [5.74, 6) is 1.39. The van der Waals surface area contributed by atoms with Crippen LogP contribution in [-0.2, 0) is 0 Å². The first-order valence-corrected chi connectivity index (χ1v) is 6.54. The molecule has 0 radical (unpaired) electrons. The molecule has 0 atom stereocenters. The number of aromatic nitrogens is 3.